The van der Waals surface area contributed by atoms with E-state index in [4.69, 9.17) is 0 Å². The van der Waals surface area contributed by atoms with Gasteiger partial charge in [0.1, 0.15) is 0 Å². The zero-order valence-corrected chi connectivity index (χ0v) is 6.27. The molecule has 12 heavy (non-hydrogen) atoms. The van der Waals surface area contributed by atoms with E-state index in [2.05, 4.69) is 9.97 Å². The van der Waals surface area contributed by atoms with E-state index in [1.165, 1.54) is 6.20 Å². The number of hydrogen-bond acceptors (Lipinski definition) is 3. The van der Waals surface area contributed by atoms with Crippen LogP contribution in [-0.4, -0.2) is 9.97 Å². The van der Waals surface area contributed by atoms with E-state index in [0.29, 0.717) is 0 Å². The fourth-order valence-electron chi connectivity index (χ4n) is 1.04. The van der Waals surface area contributed by atoms with Crippen molar-refractivity contribution in [2.75, 3.05) is 0 Å². The monoisotopic (exact) mass is 158 g/mol. The number of rotatable bonds is 0. The van der Waals surface area contributed by atoms with E-state index in [0.717, 1.165) is 10.8 Å². The SMILES string of the molecule is O=c1cncc2cnccc2c1. The lowest BCUT2D eigenvalue weighted by Gasteiger charge is -1.86. The zero-order chi connectivity index (χ0) is 8.39. The van der Waals surface area contributed by atoms with Crippen molar-refractivity contribution in [3.05, 3.63) is 47.1 Å². The maximum absolute atomic E-state index is 11.0. The minimum absolute atomic E-state index is 0.0869. The molecule has 2 aromatic rings. The number of nitrogens with zero attached hydrogens (tertiary/aromatic N) is 2. The summed E-state index contributed by atoms with van der Waals surface area (Å²) in [5.41, 5.74) is -0.0869. The van der Waals surface area contributed by atoms with Crippen LogP contribution in [0.5, 0.6) is 0 Å². The summed E-state index contributed by atoms with van der Waals surface area (Å²) >= 11 is 0. The third-order valence-corrected chi connectivity index (χ3v) is 1.60. The Balaban J connectivity index is 2.98. The standard InChI is InChI=1S/C9H6N2O/c12-9-3-7-1-2-10-4-8(7)5-11-6-9/h1-6H. The second kappa shape index (κ2) is 2.70. The molecule has 2 aromatic heterocycles. The predicted molar refractivity (Wildman–Crippen MR) is 45.8 cm³/mol. The van der Waals surface area contributed by atoms with Gasteiger partial charge in [0.05, 0.1) is 6.20 Å². The fourth-order valence-corrected chi connectivity index (χ4v) is 1.04. The average Bonchev–Trinajstić information content (AvgIpc) is 2.25. The molecule has 0 fully saturated rings. The van der Waals surface area contributed by atoms with Crippen molar-refractivity contribution in [2.45, 2.75) is 0 Å². The van der Waals surface area contributed by atoms with Gasteiger partial charge in [-0.25, -0.2) is 0 Å². The lowest BCUT2D eigenvalue weighted by Crippen LogP contribution is -1.90. The molecule has 0 aliphatic heterocycles. The summed E-state index contributed by atoms with van der Waals surface area (Å²) in [4.78, 5) is 18.8. The molecule has 0 aromatic carbocycles. The van der Waals surface area contributed by atoms with Crippen LogP contribution in [0.3, 0.4) is 0 Å². The van der Waals surface area contributed by atoms with Crippen molar-refractivity contribution in [2.24, 2.45) is 0 Å². The Bertz CT molecular complexity index is 468. The van der Waals surface area contributed by atoms with Crippen LogP contribution in [0.15, 0.2) is 41.7 Å². The van der Waals surface area contributed by atoms with Crippen LogP contribution in [-0.2, 0) is 0 Å². The summed E-state index contributed by atoms with van der Waals surface area (Å²) in [6.45, 7) is 0. The Morgan fingerprint density at radius 1 is 1.00 bits per heavy atom. The van der Waals surface area contributed by atoms with E-state index in [1.807, 2.05) is 0 Å². The molecular weight excluding hydrogens is 152 g/mol. The van der Waals surface area contributed by atoms with Crippen molar-refractivity contribution >= 4 is 10.8 Å². The zero-order valence-electron chi connectivity index (χ0n) is 6.27. The third kappa shape index (κ3) is 1.16. The summed E-state index contributed by atoms with van der Waals surface area (Å²) in [5, 5.41) is 1.74. The molecule has 2 rings (SSSR count). The molecule has 0 spiro atoms. The molecule has 0 radical (unpaired) electrons. The molecule has 2 heterocycles. The number of hydrogen-bond donors (Lipinski definition) is 0. The van der Waals surface area contributed by atoms with Crippen molar-refractivity contribution in [1.29, 1.82) is 0 Å². The summed E-state index contributed by atoms with van der Waals surface area (Å²) in [7, 11) is 0. The molecule has 0 aliphatic carbocycles. The van der Waals surface area contributed by atoms with Gasteiger partial charge < -0.3 is 0 Å². The molecule has 0 N–H and O–H groups in total. The molecule has 0 aliphatic rings. The summed E-state index contributed by atoms with van der Waals surface area (Å²) in [6, 6.07) is 3.34. The van der Waals surface area contributed by atoms with E-state index in [-0.39, 0.29) is 5.43 Å². The Hall–Kier alpha value is -1.77. The van der Waals surface area contributed by atoms with Crippen LogP contribution < -0.4 is 5.43 Å². The second-order valence-electron chi connectivity index (χ2n) is 2.46. The highest BCUT2D eigenvalue weighted by Gasteiger charge is 1.89. The third-order valence-electron chi connectivity index (χ3n) is 1.60. The van der Waals surface area contributed by atoms with Crippen molar-refractivity contribution < 1.29 is 0 Å². The Kier molecular flexibility index (Phi) is 1.55. The van der Waals surface area contributed by atoms with Gasteiger partial charge in [-0.1, -0.05) is 0 Å². The first-order valence-electron chi connectivity index (χ1n) is 3.55. The predicted octanol–water partition coefficient (Wildman–Crippen LogP) is 0.990. The Morgan fingerprint density at radius 2 is 1.83 bits per heavy atom. The molecule has 0 saturated heterocycles. The van der Waals surface area contributed by atoms with E-state index < -0.39 is 0 Å². The number of pyridine rings is 1. The minimum Gasteiger partial charge on any atom is -0.288 e. The molecule has 0 amide bonds. The lowest BCUT2D eigenvalue weighted by molar-refractivity contribution is 1.33. The van der Waals surface area contributed by atoms with Gasteiger partial charge in [0.2, 0.25) is 0 Å². The van der Waals surface area contributed by atoms with Crippen LogP contribution in [0, 0.1) is 0 Å². The normalized spacial score (nSPS) is 10.0. The second-order valence-corrected chi connectivity index (χ2v) is 2.46. The van der Waals surface area contributed by atoms with Crippen LogP contribution in [0.4, 0.5) is 0 Å². The van der Waals surface area contributed by atoms with Gasteiger partial charge >= 0.3 is 0 Å². The first-order chi connectivity index (χ1) is 5.86. The lowest BCUT2D eigenvalue weighted by atomic mass is 10.2. The van der Waals surface area contributed by atoms with Crippen LogP contribution in [0.1, 0.15) is 0 Å². The van der Waals surface area contributed by atoms with Crippen LogP contribution >= 0.6 is 0 Å². The molecule has 3 nitrogen and oxygen atoms in total. The average molecular weight is 158 g/mol. The highest BCUT2D eigenvalue weighted by molar-refractivity contribution is 5.79. The molecule has 0 atom stereocenters. The fraction of sp³-hybridized carbons (Fsp3) is 0. The van der Waals surface area contributed by atoms with Gasteiger partial charge in [-0.15, -0.1) is 0 Å². The highest BCUT2D eigenvalue weighted by atomic mass is 16.1. The van der Waals surface area contributed by atoms with Gasteiger partial charge in [-0.2, -0.15) is 0 Å². The van der Waals surface area contributed by atoms with Gasteiger partial charge in [-0.05, 0) is 17.5 Å². The topological polar surface area (TPSA) is 42.9 Å². The molecule has 58 valence electrons. The van der Waals surface area contributed by atoms with Crippen LogP contribution in [0.25, 0.3) is 10.8 Å². The first-order valence-corrected chi connectivity index (χ1v) is 3.55. The quantitative estimate of drug-likeness (QED) is 0.574. The summed E-state index contributed by atoms with van der Waals surface area (Å²) in [5.74, 6) is 0. The van der Waals surface area contributed by atoms with Crippen LogP contribution in [0.2, 0.25) is 0 Å². The van der Waals surface area contributed by atoms with E-state index in [1.54, 1.807) is 30.7 Å². The largest absolute Gasteiger partial charge is 0.288 e. The first kappa shape index (κ1) is 6.91. The molecular formula is C9H6N2O. The maximum Gasteiger partial charge on any atom is 0.197 e. The van der Waals surface area contributed by atoms with Crippen molar-refractivity contribution in [1.82, 2.24) is 9.97 Å². The Labute approximate surface area is 68.7 Å². The van der Waals surface area contributed by atoms with Gasteiger partial charge in [0.15, 0.2) is 5.43 Å². The molecule has 0 unspecified atom stereocenters. The molecule has 3 heteroatoms. The van der Waals surface area contributed by atoms with E-state index in [9.17, 15) is 4.79 Å². The number of aromatic nitrogens is 2. The van der Waals surface area contributed by atoms with Gasteiger partial charge in [0, 0.05) is 24.0 Å². The molecule has 0 bridgehead atoms. The van der Waals surface area contributed by atoms with Crippen molar-refractivity contribution in [3.8, 4) is 0 Å². The summed E-state index contributed by atoms with van der Waals surface area (Å²) in [6.07, 6.45) is 6.26. The molecule has 0 saturated carbocycles. The summed E-state index contributed by atoms with van der Waals surface area (Å²) < 4.78 is 0. The van der Waals surface area contributed by atoms with Gasteiger partial charge in [0.25, 0.3) is 0 Å². The maximum atomic E-state index is 11.0. The smallest absolute Gasteiger partial charge is 0.197 e. The highest BCUT2D eigenvalue weighted by Crippen LogP contribution is 2.05. The Morgan fingerprint density at radius 3 is 2.75 bits per heavy atom. The minimum atomic E-state index is -0.0869. The van der Waals surface area contributed by atoms with E-state index >= 15 is 0 Å². The number of fused-ring (bicyclic) bond motifs is 1. The van der Waals surface area contributed by atoms with Crippen molar-refractivity contribution in [3.63, 3.8) is 0 Å². The van der Waals surface area contributed by atoms with Gasteiger partial charge in [-0.3, -0.25) is 14.8 Å².